The summed E-state index contributed by atoms with van der Waals surface area (Å²) in [6, 6.07) is 8.49. The average molecular weight is 243 g/mol. The molecule has 0 bridgehead atoms. The van der Waals surface area contributed by atoms with E-state index in [9.17, 15) is 0 Å². The quantitative estimate of drug-likeness (QED) is 0.900. The Labute approximate surface area is 107 Å². The van der Waals surface area contributed by atoms with Gasteiger partial charge in [-0.3, -0.25) is 0 Å². The maximum absolute atomic E-state index is 5.86. The largest absolute Gasteiger partial charge is 0.493 e. The first-order chi connectivity index (χ1) is 8.90. The summed E-state index contributed by atoms with van der Waals surface area (Å²) in [7, 11) is 1.96. The third-order valence-corrected chi connectivity index (χ3v) is 3.44. The van der Waals surface area contributed by atoms with E-state index >= 15 is 0 Å². The molecule has 0 saturated carbocycles. The van der Waals surface area contributed by atoms with Crippen molar-refractivity contribution in [3.8, 4) is 5.75 Å². The molecule has 1 aliphatic heterocycles. The first kappa shape index (κ1) is 11.4. The van der Waals surface area contributed by atoms with E-state index in [1.54, 1.807) is 12.5 Å². The lowest BCUT2D eigenvalue weighted by Crippen LogP contribution is -2.20. The number of para-hydroxylation sites is 1. The molecule has 2 aromatic rings. The third kappa shape index (κ3) is 1.91. The molecular formula is C15H17NO2. The van der Waals surface area contributed by atoms with E-state index in [1.165, 1.54) is 11.1 Å². The van der Waals surface area contributed by atoms with Gasteiger partial charge in [-0.25, -0.2) is 0 Å². The number of aryl methyl sites for hydroxylation is 1. The molecular weight excluding hydrogens is 226 g/mol. The molecule has 3 nitrogen and oxygen atoms in total. The van der Waals surface area contributed by atoms with Gasteiger partial charge in [-0.1, -0.05) is 18.2 Å². The summed E-state index contributed by atoms with van der Waals surface area (Å²) >= 11 is 0. The fourth-order valence-electron chi connectivity index (χ4n) is 2.58. The third-order valence-electron chi connectivity index (χ3n) is 3.44. The second-order valence-electron chi connectivity index (χ2n) is 4.57. The summed E-state index contributed by atoms with van der Waals surface area (Å²) in [5, 5.41) is 3.33. The number of furan rings is 1. The van der Waals surface area contributed by atoms with Crippen molar-refractivity contribution in [3.63, 3.8) is 0 Å². The summed E-state index contributed by atoms with van der Waals surface area (Å²) in [4.78, 5) is 0. The monoisotopic (exact) mass is 243 g/mol. The maximum atomic E-state index is 5.86. The Morgan fingerprint density at radius 1 is 1.28 bits per heavy atom. The van der Waals surface area contributed by atoms with E-state index in [2.05, 4.69) is 23.5 Å². The van der Waals surface area contributed by atoms with Crippen LogP contribution >= 0.6 is 0 Å². The first-order valence-corrected chi connectivity index (χ1v) is 6.34. The smallest absolute Gasteiger partial charge is 0.127 e. The Kier molecular flexibility index (Phi) is 3.07. The normalized spacial score (nSPS) is 15.8. The molecule has 18 heavy (non-hydrogen) atoms. The van der Waals surface area contributed by atoms with E-state index in [0.717, 1.165) is 30.8 Å². The van der Waals surface area contributed by atoms with Crippen molar-refractivity contribution in [2.75, 3.05) is 13.7 Å². The van der Waals surface area contributed by atoms with Crippen molar-refractivity contribution in [1.29, 1.82) is 0 Å². The molecule has 0 fully saturated rings. The Morgan fingerprint density at radius 2 is 2.22 bits per heavy atom. The van der Waals surface area contributed by atoms with E-state index in [0.29, 0.717) is 0 Å². The minimum atomic E-state index is 0.122. The van der Waals surface area contributed by atoms with E-state index in [4.69, 9.17) is 9.15 Å². The van der Waals surface area contributed by atoms with Gasteiger partial charge >= 0.3 is 0 Å². The number of ether oxygens (including phenoxy) is 1. The van der Waals surface area contributed by atoms with Gasteiger partial charge in [-0.2, -0.15) is 0 Å². The Balaban J connectivity index is 2.05. The summed E-state index contributed by atoms with van der Waals surface area (Å²) in [5.41, 5.74) is 3.62. The van der Waals surface area contributed by atoms with E-state index in [-0.39, 0.29) is 6.04 Å². The molecule has 94 valence electrons. The van der Waals surface area contributed by atoms with Crippen LogP contribution in [0.4, 0.5) is 0 Å². The van der Waals surface area contributed by atoms with Crippen LogP contribution in [0.1, 0.15) is 29.2 Å². The predicted octanol–water partition coefficient (Wildman–Crippen LogP) is 2.91. The van der Waals surface area contributed by atoms with Gasteiger partial charge in [0.15, 0.2) is 0 Å². The summed E-state index contributed by atoms with van der Waals surface area (Å²) < 4.78 is 11.0. The van der Waals surface area contributed by atoms with Gasteiger partial charge in [0.2, 0.25) is 0 Å². The standard InChI is InChI=1S/C15H17NO2/c1-16-14(12-7-9-17-10-12)13-6-2-4-11-5-3-8-18-15(11)13/h2,4,6-7,9-10,14,16H,3,5,8H2,1H3. The highest BCUT2D eigenvalue weighted by atomic mass is 16.5. The Bertz CT molecular complexity index is 519. The molecule has 1 aromatic heterocycles. The predicted molar refractivity (Wildman–Crippen MR) is 69.9 cm³/mol. The van der Waals surface area contributed by atoms with Crippen molar-refractivity contribution in [1.82, 2.24) is 5.32 Å². The van der Waals surface area contributed by atoms with Crippen LogP contribution in [0.15, 0.2) is 41.2 Å². The SMILES string of the molecule is CNC(c1ccoc1)c1cccc2c1OCCC2. The lowest BCUT2D eigenvalue weighted by atomic mass is 9.95. The zero-order chi connectivity index (χ0) is 12.4. The number of benzene rings is 1. The van der Waals surface area contributed by atoms with Crippen molar-refractivity contribution in [3.05, 3.63) is 53.5 Å². The molecule has 1 unspecified atom stereocenters. The molecule has 0 spiro atoms. The molecule has 1 atom stereocenters. The molecule has 3 heteroatoms. The van der Waals surface area contributed by atoms with Crippen LogP contribution in [0.3, 0.4) is 0 Å². The van der Waals surface area contributed by atoms with Crippen LogP contribution < -0.4 is 10.1 Å². The van der Waals surface area contributed by atoms with Gasteiger partial charge in [-0.05, 0) is 31.5 Å². The topological polar surface area (TPSA) is 34.4 Å². The second-order valence-corrected chi connectivity index (χ2v) is 4.57. The summed E-state index contributed by atoms with van der Waals surface area (Å²) in [6.07, 6.45) is 5.69. The molecule has 3 rings (SSSR count). The molecule has 1 aliphatic rings. The number of nitrogens with one attached hydrogen (secondary N) is 1. The number of hydrogen-bond acceptors (Lipinski definition) is 3. The molecule has 0 radical (unpaired) electrons. The van der Waals surface area contributed by atoms with Gasteiger partial charge in [-0.15, -0.1) is 0 Å². The number of rotatable bonds is 3. The fourth-order valence-corrected chi connectivity index (χ4v) is 2.58. The highest BCUT2D eigenvalue weighted by Crippen LogP contribution is 2.35. The van der Waals surface area contributed by atoms with Crippen LogP contribution in [-0.2, 0) is 6.42 Å². The number of hydrogen-bond donors (Lipinski definition) is 1. The van der Waals surface area contributed by atoms with E-state index < -0.39 is 0 Å². The molecule has 0 amide bonds. The Hall–Kier alpha value is -1.74. The van der Waals surface area contributed by atoms with Crippen LogP contribution in [0.25, 0.3) is 0 Å². The highest BCUT2D eigenvalue weighted by molar-refractivity contribution is 5.47. The minimum absolute atomic E-state index is 0.122. The van der Waals surface area contributed by atoms with Crippen molar-refractivity contribution in [2.45, 2.75) is 18.9 Å². The average Bonchev–Trinajstić information content (AvgIpc) is 2.94. The summed E-state index contributed by atoms with van der Waals surface area (Å²) in [5.74, 6) is 1.05. The van der Waals surface area contributed by atoms with Crippen LogP contribution in [0, 0.1) is 0 Å². The van der Waals surface area contributed by atoms with Crippen molar-refractivity contribution >= 4 is 0 Å². The Morgan fingerprint density at radius 3 is 3.00 bits per heavy atom. The second kappa shape index (κ2) is 4.86. The molecule has 1 aromatic carbocycles. The fraction of sp³-hybridized carbons (Fsp3) is 0.333. The molecule has 2 heterocycles. The van der Waals surface area contributed by atoms with Crippen LogP contribution in [0.2, 0.25) is 0 Å². The van der Waals surface area contributed by atoms with Gasteiger partial charge in [0.25, 0.3) is 0 Å². The highest BCUT2D eigenvalue weighted by Gasteiger charge is 2.21. The molecule has 0 aliphatic carbocycles. The van der Waals surface area contributed by atoms with E-state index in [1.807, 2.05) is 13.1 Å². The van der Waals surface area contributed by atoms with Crippen LogP contribution in [0.5, 0.6) is 5.75 Å². The van der Waals surface area contributed by atoms with Crippen LogP contribution in [-0.4, -0.2) is 13.7 Å². The molecule has 0 saturated heterocycles. The zero-order valence-electron chi connectivity index (χ0n) is 10.5. The van der Waals surface area contributed by atoms with Gasteiger partial charge in [0, 0.05) is 11.1 Å². The van der Waals surface area contributed by atoms with Gasteiger partial charge in [0.05, 0.1) is 25.2 Å². The lowest BCUT2D eigenvalue weighted by Gasteiger charge is -2.24. The molecule has 1 N–H and O–H groups in total. The van der Waals surface area contributed by atoms with Crippen molar-refractivity contribution < 1.29 is 9.15 Å². The minimum Gasteiger partial charge on any atom is -0.493 e. The zero-order valence-corrected chi connectivity index (χ0v) is 10.5. The van der Waals surface area contributed by atoms with Crippen molar-refractivity contribution in [2.24, 2.45) is 0 Å². The first-order valence-electron chi connectivity index (χ1n) is 6.34. The summed E-state index contributed by atoms with van der Waals surface area (Å²) in [6.45, 7) is 0.811. The lowest BCUT2D eigenvalue weighted by molar-refractivity contribution is 0.283. The van der Waals surface area contributed by atoms with Gasteiger partial charge in [0.1, 0.15) is 5.75 Å². The van der Waals surface area contributed by atoms with Gasteiger partial charge < -0.3 is 14.5 Å². The number of fused-ring (bicyclic) bond motifs is 1. The maximum Gasteiger partial charge on any atom is 0.127 e.